The Morgan fingerprint density at radius 2 is 2.32 bits per heavy atom. The summed E-state index contributed by atoms with van der Waals surface area (Å²) < 4.78 is 7.62. The van der Waals surface area contributed by atoms with E-state index in [9.17, 15) is 4.79 Å². The number of imidazole rings is 1. The Bertz CT molecular complexity index is 614. The highest BCUT2D eigenvalue weighted by atomic mass is 16.5. The first kappa shape index (κ1) is 12.2. The van der Waals surface area contributed by atoms with Crippen LogP contribution in [0.25, 0.3) is 11.0 Å². The summed E-state index contributed by atoms with van der Waals surface area (Å²) in [6.45, 7) is 2.74. The van der Waals surface area contributed by atoms with Gasteiger partial charge in [-0.25, -0.2) is 9.78 Å². The molecule has 1 aromatic heterocycles. The van der Waals surface area contributed by atoms with Gasteiger partial charge in [0.2, 0.25) is 0 Å². The molecule has 5 nitrogen and oxygen atoms in total. The Labute approximate surface area is 110 Å². The third-order valence-electron chi connectivity index (χ3n) is 3.70. The van der Waals surface area contributed by atoms with Crippen LogP contribution in [0.2, 0.25) is 0 Å². The van der Waals surface area contributed by atoms with E-state index in [2.05, 4.69) is 9.55 Å². The quantitative estimate of drug-likeness (QED) is 0.917. The number of carboxylic acids is 1. The van der Waals surface area contributed by atoms with E-state index in [0.29, 0.717) is 17.7 Å². The number of aromatic nitrogens is 2. The summed E-state index contributed by atoms with van der Waals surface area (Å²) in [6, 6.07) is 5.64. The molecule has 1 aromatic carbocycles. The van der Waals surface area contributed by atoms with E-state index in [0.717, 1.165) is 25.0 Å². The van der Waals surface area contributed by atoms with Gasteiger partial charge in [-0.1, -0.05) is 6.07 Å². The lowest BCUT2D eigenvalue weighted by atomic mass is 9.89. The molecule has 0 saturated heterocycles. The van der Waals surface area contributed by atoms with Crippen molar-refractivity contribution in [3.05, 3.63) is 30.1 Å². The number of aromatic carboxylic acids is 1. The van der Waals surface area contributed by atoms with Gasteiger partial charge in [0.05, 0.1) is 23.5 Å². The summed E-state index contributed by atoms with van der Waals surface area (Å²) >= 11 is 0. The summed E-state index contributed by atoms with van der Waals surface area (Å²) in [5.41, 5.74) is 1.71. The number of ether oxygens (including phenoxy) is 1. The first-order valence-corrected chi connectivity index (χ1v) is 6.51. The van der Waals surface area contributed by atoms with Crippen LogP contribution >= 0.6 is 0 Å². The summed E-state index contributed by atoms with van der Waals surface area (Å²) in [4.78, 5) is 15.4. The van der Waals surface area contributed by atoms with Gasteiger partial charge >= 0.3 is 5.97 Å². The van der Waals surface area contributed by atoms with Gasteiger partial charge < -0.3 is 14.4 Å². The van der Waals surface area contributed by atoms with Crippen LogP contribution in [0, 0.1) is 0 Å². The van der Waals surface area contributed by atoms with Gasteiger partial charge in [-0.2, -0.15) is 0 Å². The molecule has 0 radical (unpaired) electrons. The predicted octanol–water partition coefficient (Wildman–Crippen LogP) is 2.47. The minimum atomic E-state index is -0.934. The van der Waals surface area contributed by atoms with Gasteiger partial charge in [0.25, 0.3) is 0 Å². The van der Waals surface area contributed by atoms with Gasteiger partial charge in [-0.05, 0) is 31.9 Å². The number of rotatable bonds is 4. The fourth-order valence-corrected chi connectivity index (χ4v) is 2.66. The smallest absolute Gasteiger partial charge is 0.337 e. The summed E-state index contributed by atoms with van der Waals surface area (Å²) in [7, 11) is 0. The Hall–Kier alpha value is -1.88. The minimum Gasteiger partial charge on any atom is -0.478 e. The maximum absolute atomic E-state index is 11.1. The maximum atomic E-state index is 11.1. The molecule has 0 bridgehead atoms. The molecule has 0 atom stereocenters. The predicted molar refractivity (Wildman–Crippen MR) is 70.4 cm³/mol. The lowest BCUT2D eigenvalue weighted by Crippen LogP contribution is -2.33. The van der Waals surface area contributed by atoms with E-state index in [1.165, 1.54) is 0 Å². The fraction of sp³-hybridized carbons (Fsp3) is 0.429. The monoisotopic (exact) mass is 260 g/mol. The molecule has 1 heterocycles. The van der Waals surface area contributed by atoms with Crippen LogP contribution in [-0.4, -0.2) is 33.3 Å². The third-order valence-corrected chi connectivity index (χ3v) is 3.70. The summed E-state index contributed by atoms with van der Waals surface area (Å²) in [6.07, 6.45) is 4.01. The maximum Gasteiger partial charge on any atom is 0.337 e. The zero-order valence-corrected chi connectivity index (χ0v) is 10.7. The van der Waals surface area contributed by atoms with E-state index < -0.39 is 5.97 Å². The Balaban J connectivity index is 1.90. The molecule has 100 valence electrons. The van der Waals surface area contributed by atoms with Crippen LogP contribution < -0.4 is 0 Å². The molecule has 3 rings (SSSR count). The SMILES string of the molecule is CCOC1CC(n2cnc3c(C(=O)O)cccc32)C1. The van der Waals surface area contributed by atoms with Crippen molar-refractivity contribution in [1.82, 2.24) is 9.55 Å². The number of benzene rings is 1. The molecule has 1 fully saturated rings. The van der Waals surface area contributed by atoms with Crippen LogP contribution in [0.4, 0.5) is 0 Å². The van der Waals surface area contributed by atoms with Crippen LogP contribution in [0.15, 0.2) is 24.5 Å². The van der Waals surface area contributed by atoms with Gasteiger partial charge in [-0.15, -0.1) is 0 Å². The zero-order chi connectivity index (χ0) is 13.4. The second-order valence-electron chi connectivity index (χ2n) is 4.83. The molecule has 1 N–H and O–H groups in total. The van der Waals surface area contributed by atoms with E-state index in [1.54, 1.807) is 18.5 Å². The van der Waals surface area contributed by atoms with Crippen molar-refractivity contribution in [2.24, 2.45) is 0 Å². The van der Waals surface area contributed by atoms with Crippen molar-refractivity contribution in [2.75, 3.05) is 6.61 Å². The highest BCUT2D eigenvalue weighted by molar-refractivity contribution is 6.00. The van der Waals surface area contributed by atoms with Crippen molar-refractivity contribution in [3.8, 4) is 0 Å². The molecular weight excluding hydrogens is 244 g/mol. The molecule has 0 unspecified atom stereocenters. The summed E-state index contributed by atoms with van der Waals surface area (Å²) in [5.74, 6) is -0.934. The van der Waals surface area contributed by atoms with Gasteiger partial charge in [0.1, 0.15) is 5.52 Å². The van der Waals surface area contributed by atoms with Crippen LogP contribution in [0.1, 0.15) is 36.2 Å². The largest absolute Gasteiger partial charge is 0.478 e. The van der Waals surface area contributed by atoms with Crippen molar-refractivity contribution >= 4 is 17.0 Å². The number of nitrogens with zero attached hydrogens (tertiary/aromatic N) is 2. The van der Waals surface area contributed by atoms with Crippen molar-refractivity contribution in [3.63, 3.8) is 0 Å². The van der Waals surface area contributed by atoms with E-state index >= 15 is 0 Å². The van der Waals surface area contributed by atoms with Crippen molar-refractivity contribution in [2.45, 2.75) is 31.9 Å². The molecule has 19 heavy (non-hydrogen) atoms. The Morgan fingerprint density at radius 1 is 1.53 bits per heavy atom. The molecule has 1 saturated carbocycles. The number of carboxylic acid groups (broad SMARTS) is 1. The summed E-state index contributed by atoms with van der Waals surface area (Å²) in [5, 5.41) is 9.14. The first-order valence-electron chi connectivity index (χ1n) is 6.51. The number of hydrogen-bond donors (Lipinski definition) is 1. The minimum absolute atomic E-state index is 0.261. The highest BCUT2D eigenvalue weighted by Crippen LogP contribution is 2.36. The number of fused-ring (bicyclic) bond motifs is 1. The lowest BCUT2D eigenvalue weighted by molar-refractivity contribution is -0.0187. The average molecular weight is 260 g/mol. The van der Waals surface area contributed by atoms with Gasteiger partial charge in [0, 0.05) is 12.6 Å². The number of carbonyl (C=O) groups is 1. The fourth-order valence-electron chi connectivity index (χ4n) is 2.66. The molecule has 2 aromatic rings. The second-order valence-corrected chi connectivity index (χ2v) is 4.83. The number of hydrogen-bond acceptors (Lipinski definition) is 3. The first-order chi connectivity index (χ1) is 9.20. The van der Waals surface area contributed by atoms with Crippen LogP contribution in [-0.2, 0) is 4.74 Å². The molecule has 0 spiro atoms. The lowest BCUT2D eigenvalue weighted by Gasteiger charge is -2.36. The topological polar surface area (TPSA) is 64.4 Å². The molecular formula is C14H16N2O3. The number of para-hydroxylation sites is 1. The standard InChI is InChI=1S/C14H16N2O3/c1-2-19-10-6-9(7-10)16-8-15-13-11(14(17)18)4-3-5-12(13)16/h3-5,8-10H,2,6-7H2,1H3,(H,17,18). The van der Waals surface area contributed by atoms with Gasteiger partial charge in [0.15, 0.2) is 0 Å². The van der Waals surface area contributed by atoms with Crippen LogP contribution in [0.5, 0.6) is 0 Å². The molecule has 0 aliphatic heterocycles. The second kappa shape index (κ2) is 4.66. The van der Waals surface area contributed by atoms with Crippen LogP contribution in [0.3, 0.4) is 0 Å². The normalized spacial score (nSPS) is 22.4. The zero-order valence-electron chi connectivity index (χ0n) is 10.7. The van der Waals surface area contributed by atoms with E-state index in [-0.39, 0.29) is 5.56 Å². The van der Waals surface area contributed by atoms with Crippen molar-refractivity contribution < 1.29 is 14.6 Å². The molecule has 0 amide bonds. The third kappa shape index (κ3) is 2.00. The molecule has 1 aliphatic carbocycles. The Morgan fingerprint density at radius 3 is 3.00 bits per heavy atom. The van der Waals surface area contributed by atoms with E-state index in [4.69, 9.17) is 9.84 Å². The van der Waals surface area contributed by atoms with Crippen molar-refractivity contribution in [1.29, 1.82) is 0 Å². The average Bonchev–Trinajstić information content (AvgIpc) is 2.76. The van der Waals surface area contributed by atoms with Gasteiger partial charge in [-0.3, -0.25) is 0 Å². The molecule has 1 aliphatic rings. The molecule has 5 heteroatoms. The highest BCUT2D eigenvalue weighted by Gasteiger charge is 2.32. The van der Waals surface area contributed by atoms with E-state index in [1.807, 2.05) is 13.0 Å². The Kier molecular flexibility index (Phi) is 2.98.